The zero-order valence-electron chi connectivity index (χ0n) is 19.4. The molecule has 9 nitrogen and oxygen atoms in total. The summed E-state index contributed by atoms with van der Waals surface area (Å²) < 4.78 is 5.50. The Kier molecular flexibility index (Phi) is 7.45. The monoisotopic (exact) mass is 476 g/mol. The smallest absolute Gasteiger partial charge is 0.412 e. The molecule has 182 valence electrons. The van der Waals surface area contributed by atoms with Crippen molar-refractivity contribution in [1.29, 1.82) is 0 Å². The van der Waals surface area contributed by atoms with Crippen molar-refractivity contribution >= 4 is 23.8 Å². The van der Waals surface area contributed by atoms with E-state index in [0.717, 1.165) is 35.1 Å². The van der Waals surface area contributed by atoms with Crippen LogP contribution in [0.2, 0.25) is 0 Å². The van der Waals surface area contributed by atoms with Crippen molar-refractivity contribution in [3.05, 3.63) is 71.4 Å². The second kappa shape index (κ2) is 10.9. The number of nitrogens with one attached hydrogen (secondary N) is 3. The molecule has 0 aliphatic heterocycles. The number of carboxylic acid groups (broad SMARTS) is 1. The molecule has 1 aliphatic carbocycles. The Labute approximate surface area is 202 Å². The van der Waals surface area contributed by atoms with E-state index < -0.39 is 24.0 Å². The highest BCUT2D eigenvalue weighted by Gasteiger charge is 2.29. The predicted molar refractivity (Wildman–Crippen MR) is 130 cm³/mol. The van der Waals surface area contributed by atoms with Crippen LogP contribution in [0.5, 0.6) is 0 Å². The first-order chi connectivity index (χ1) is 17.0. The molecule has 9 heteroatoms. The number of aliphatic carboxylic acids is 1. The number of rotatable bonds is 10. The van der Waals surface area contributed by atoms with Gasteiger partial charge in [-0.1, -0.05) is 68.3 Å². The van der Waals surface area contributed by atoms with E-state index in [1.807, 2.05) is 43.3 Å². The van der Waals surface area contributed by atoms with Gasteiger partial charge in [0.1, 0.15) is 12.3 Å². The average molecular weight is 477 g/mol. The van der Waals surface area contributed by atoms with Crippen LogP contribution in [0.4, 0.5) is 10.6 Å². The van der Waals surface area contributed by atoms with Crippen LogP contribution in [0.3, 0.4) is 0 Å². The third kappa shape index (κ3) is 5.68. The number of hydrogen-bond donors (Lipinski definition) is 4. The molecule has 0 fully saturated rings. The van der Waals surface area contributed by atoms with Crippen LogP contribution < -0.4 is 10.6 Å². The van der Waals surface area contributed by atoms with E-state index in [9.17, 15) is 14.4 Å². The lowest BCUT2D eigenvalue weighted by Crippen LogP contribution is -2.36. The van der Waals surface area contributed by atoms with Crippen LogP contribution in [0.25, 0.3) is 11.1 Å². The number of ether oxygens (including phenoxy) is 1. The molecule has 0 saturated heterocycles. The number of hydrogen-bond acceptors (Lipinski definition) is 5. The van der Waals surface area contributed by atoms with Gasteiger partial charge in [-0.3, -0.25) is 20.0 Å². The molecule has 3 aromatic rings. The van der Waals surface area contributed by atoms with Crippen LogP contribution in [0, 0.1) is 0 Å². The van der Waals surface area contributed by atoms with Crippen LogP contribution in [-0.4, -0.2) is 45.9 Å². The van der Waals surface area contributed by atoms with Crippen LogP contribution in [0.1, 0.15) is 60.1 Å². The van der Waals surface area contributed by atoms with Gasteiger partial charge in [-0.2, -0.15) is 5.10 Å². The SMILES string of the molecule is CCCC[C@@H](CC(=O)O)NC(=O)c1cc(NC(=O)OCC2c3ccccc3-c3ccccc32)n[nH]1. The molecule has 2 aromatic carbocycles. The largest absolute Gasteiger partial charge is 0.481 e. The molecule has 0 bridgehead atoms. The Balaban J connectivity index is 1.34. The van der Waals surface area contributed by atoms with E-state index in [4.69, 9.17) is 9.84 Å². The molecule has 0 saturated carbocycles. The van der Waals surface area contributed by atoms with E-state index in [0.29, 0.717) is 6.42 Å². The van der Waals surface area contributed by atoms with Crippen molar-refractivity contribution in [2.75, 3.05) is 11.9 Å². The van der Waals surface area contributed by atoms with E-state index in [-0.39, 0.29) is 30.5 Å². The Morgan fingerprint density at radius 1 is 1.09 bits per heavy atom. The molecule has 0 spiro atoms. The van der Waals surface area contributed by atoms with Gasteiger partial charge in [0, 0.05) is 18.0 Å². The second-order valence-electron chi connectivity index (χ2n) is 8.53. The maximum atomic E-state index is 12.5. The number of fused-ring (bicyclic) bond motifs is 3. The van der Waals surface area contributed by atoms with Crippen molar-refractivity contribution in [3.8, 4) is 11.1 Å². The van der Waals surface area contributed by atoms with Gasteiger partial charge in [0.25, 0.3) is 5.91 Å². The molecular formula is C26H28N4O5. The number of carbonyl (C=O) groups is 3. The summed E-state index contributed by atoms with van der Waals surface area (Å²) >= 11 is 0. The third-order valence-electron chi connectivity index (χ3n) is 6.06. The number of aromatic nitrogens is 2. The van der Waals surface area contributed by atoms with E-state index in [1.54, 1.807) is 0 Å². The van der Waals surface area contributed by atoms with Gasteiger partial charge in [-0.15, -0.1) is 0 Å². The van der Waals surface area contributed by atoms with Gasteiger partial charge in [0.05, 0.1) is 6.42 Å². The Hall–Kier alpha value is -4.14. The second-order valence-corrected chi connectivity index (χ2v) is 8.53. The predicted octanol–water partition coefficient (Wildman–Crippen LogP) is 4.53. The van der Waals surface area contributed by atoms with Crippen LogP contribution >= 0.6 is 0 Å². The standard InChI is InChI=1S/C26H28N4O5/c1-2-3-8-16(13-24(31)32)27-25(33)22-14-23(30-29-22)28-26(34)35-15-21-19-11-6-4-9-17(19)18-10-5-7-12-20(18)21/h4-7,9-12,14,16,21H,2-3,8,13,15H2,1H3,(H,27,33)(H,31,32)(H2,28,29,30,34)/t16-/m0/s1. The van der Waals surface area contributed by atoms with Crippen molar-refractivity contribution < 1.29 is 24.2 Å². The summed E-state index contributed by atoms with van der Waals surface area (Å²) in [6, 6.07) is 17.0. The van der Waals surface area contributed by atoms with Crippen molar-refractivity contribution in [3.63, 3.8) is 0 Å². The summed E-state index contributed by atoms with van der Waals surface area (Å²) in [6.45, 7) is 2.15. The molecule has 4 rings (SSSR count). The lowest BCUT2D eigenvalue weighted by molar-refractivity contribution is -0.137. The number of H-pyrrole nitrogens is 1. The fourth-order valence-corrected chi connectivity index (χ4v) is 4.39. The maximum Gasteiger partial charge on any atom is 0.412 e. The summed E-state index contributed by atoms with van der Waals surface area (Å²) in [4.78, 5) is 36.0. The van der Waals surface area contributed by atoms with Gasteiger partial charge in [0.15, 0.2) is 5.82 Å². The van der Waals surface area contributed by atoms with E-state index in [2.05, 4.69) is 33.0 Å². The highest BCUT2D eigenvalue weighted by atomic mass is 16.5. The molecule has 1 atom stereocenters. The number of benzene rings is 2. The highest BCUT2D eigenvalue weighted by molar-refractivity contribution is 5.94. The number of aromatic amines is 1. The number of carbonyl (C=O) groups excluding carboxylic acids is 2. The number of unbranched alkanes of at least 4 members (excludes halogenated alkanes) is 1. The molecule has 1 aliphatic rings. The minimum Gasteiger partial charge on any atom is -0.481 e. The third-order valence-corrected chi connectivity index (χ3v) is 6.06. The number of carboxylic acids is 1. The van der Waals surface area contributed by atoms with Gasteiger partial charge >= 0.3 is 12.1 Å². The summed E-state index contributed by atoms with van der Waals surface area (Å²) in [7, 11) is 0. The van der Waals surface area contributed by atoms with E-state index in [1.165, 1.54) is 6.07 Å². The minimum atomic E-state index is -0.978. The Morgan fingerprint density at radius 3 is 2.37 bits per heavy atom. The zero-order chi connectivity index (χ0) is 24.8. The van der Waals surface area contributed by atoms with Crippen molar-refractivity contribution in [2.45, 2.75) is 44.6 Å². The molecule has 1 heterocycles. The summed E-state index contributed by atoms with van der Waals surface area (Å²) in [5.41, 5.74) is 4.62. The van der Waals surface area contributed by atoms with Gasteiger partial charge in [-0.25, -0.2) is 4.79 Å². The number of anilines is 1. The first kappa shape index (κ1) is 24.0. The van der Waals surface area contributed by atoms with E-state index >= 15 is 0 Å². The number of nitrogens with zero attached hydrogens (tertiary/aromatic N) is 1. The van der Waals surface area contributed by atoms with Crippen LogP contribution in [-0.2, 0) is 9.53 Å². The molecule has 4 N–H and O–H groups in total. The quantitative estimate of drug-likeness (QED) is 0.340. The van der Waals surface area contributed by atoms with Gasteiger partial charge < -0.3 is 15.2 Å². The lowest BCUT2D eigenvalue weighted by atomic mass is 9.98. The lowest BCUT2D eigenvalue weighted by Gasteiger charge is -2.15. The van der Waals surface area contributed by atoms with Gasteiger partial charge in [-0.05, 0) is 28.7 Å². The first-order valence-electron chi connectivity index (χ1n) is 11.7. The maximum absolute atomic E-state index is 12.5. The molecular weight excluding hydrogens is 448 g/mol. The Morgan fingerprint density at radius 2 is 1.74 bits per heavy atom. The average Bonchev–Trinajstić information content (AvgIpc) is 3.43. The topological polar surface area (TPSA) is 133 Å². The molecule has 1 aromatic heterocycles. The summed E-state index contributed by atoms with van der Waals surface area (Å²) in [5, 5.41) is 20.8. The molecule has 35 heavy (non-hydrogen) atoms. The highest BCUT2D eigenvalue weighted by Crippen LogP contribution is 2.44. The van der Waals surface area contributed by atoms with Crippen molar-refractivity contribution in [1.82, 2.24) is 15.5 Å². The first-order valence-corrected chi connectivity index (χ1v) is 11.7. The minimum absolute atomic E-state index is 0.0667. The Bertz CT molecular complexity index is 1180. The number of amides is 2. The molecule has 0 unspecified atom stereocenters. The molecule has 0 radical (unpaired) electrons. The van der Waals surface area contributed by atoms with Crippen molar-refractivity contribution in [2.24, 2.45) is 0 Å². The summed E-state index contributed by atoms with van der Waals surface area (Å²) in [6.07, 6.45) is 1.41. The fraction of sp³-hybridized carbons (Fsp3) is 0.308. The van der Waals surface area contributed by atoms with Crippen LogP contribution in [0.15, 0.2) is 54.6 Å². The summed E-state index contributed by atoms with van der Waals surface area (Å²) in [5.74, 6) is -1.40. The fourth-order valence-electron chi connectivity index (χ4n) is 4.39. The van der Waals surface area contributed by atoms with Gasteiger partial charge in [0.2, 0.25) is 0 Å². The normalized spacial score (nSPS) is 12.9. The molecule has 2 amide bonds. The zero-order valence-corrected chi connectivity index (χ0v) is 19.4.